The highest BCUT2D eigenvalue weighted by Gasteiger charge is 2.75. The van der Waals surface area contributed by atoms with Crippen molar-refractivity contribution in [3.05, 3.63) is 47.5 Å². The summed E-state index contributed by atoms with van der Waals surface area (Å²) in [5.41, 5.74) is 0.506. The fraction of sp³-hybridized carbons (Fsp3) is 0.483. The number of aromatic hydroxyl groups is 1. The molecule has 2 amide bonds. The third-order valence-electron chi connectivity index (χ3n) is 9.42. The maximum absolute atomic E-state index is 13.9. The second-order valence-corrected chi connectivity index (χ2v) is 11.7. The van der Waals surface area contributed by atoms with Crippen LogP contribution in [-0.4, -0.2) is 63.5 Å². The molecule has 0 radical (unpaired) electrons. The Morgan fingerprint density at radius 3 is 2.50 bits per heavy atom. The number of ketones is 1. The Labute approximate surface area is 220 Å². The van der Waals surface area contributed by atoms with Gasteiger partial charge in [0.05, 0.1) is 11.0 Å². The van der Waals surface area contributed by atoms with Crippen LogP contribution in [0.3, 0.4) is 0 Å². The largest absolute Gasteiger partial charge is 0.504 e. The Hall–Kier alpha value is -3.43. The number of anilines is 2. The molecule has 2 heterocycles. The lowest BCUT2D eigenvalue weighted by atomic mass is 9.47. The molecule has 38 heavy (non-hydrogen) atoms. The molecule has 3 fully saturated rings. The number of phenolic OH excluding ortho intramolecular Hbond substituents is 1. The van der Waals surface area contributed by atoms with E-state index in [4.69, 9.17) is 4.74 Å². The number of rotatable bonds is 5. The minimum absolute atomic E-state index is 0.00186. The molecule has 3 aliphatic carbocycles. The summed E-state index contributed by atoms with van der Waals surface area (Å²) in [6.45, 7) is 3.06. The SMILES string of the molecule is CC(=O)Nc1ccc(NC(=O)C2C[C@@]3(O)[C@H]4Cc5ccc(O)c6c5[C@@]3(CCN4CC3CC3)[C@@H](O6)C2=O)cc1. The molecule has 9 nitrogen and oxygen atoms in total. The zero-order chi connectivity index (χ0) is 26.4. The number of aliphatic hydroxyl groups is 1. The van der Waals surface area contributed by atoms with E-state index >= 15 is 0 Å². The van der Waals surface area contributed by atoms with Crippen molar-refractivity contribution in [3.63, 3.8) is 0 Å². The van der Waals surface area contributed by atoms with E-state index in [1.165, 1.54) is 19.8 Å². The monoisotopic (exact) mass is 517 g/mol. The molecule has 2 aromatic rings. The molecule has 0 aromatic heterocycles. The van der Waals surface area contributed by atoms with Gasteiger partial charge < -0.3 is 25.6 Å². The van der Waals surface area contributed by atoms with Gasteiger partial charge >= 0.3 is 0 Å². The van der Waals surface area contributed by atoms with Crippen molar-refractivity contribution < 1.29 is 29.3 Å². The molecule has 198 valence electrons. The van der Waals surface area contributed by atoms with Crippen molar-refractivity contribution in [1.82, 2.24) is 4.90 Å². The fourth-order valence-corrected chi connectivity index (χ4v) is 7.59. The lowest BCUT2D eigenvalue weighted by Crippen LogP contribution is -2.78. The van der Waals surface area contributed by atoms with Gasteiger partial charge in [0.25, 0.3) is 0 Å². The molecular formula is C29H31N3O6. The van der Waals surface area contributed by atoms with Crippen LogP contribution in [0.5, 0.6) is 11.5 Å². The predicted octanol–water partition coefficient (Wildman–Crippen LogP) is 2.35. The van der Waals surface area contributed by atoms with Crippen LogP contribution in [-0.2, 0) is 26.2 Å². The second-order valence-electron chi connectivity index (χ2n) is 11.7. The molecule has 2 saturated carbocycles. The van der Waals surface area contributed by atoms with Gasteiger partial charge in [-0.2, -0.15) is 0 Å². The zero-order valence-corrected chi connectivity index (χ0v) is 21.2. The number of Topliss-reactive ketones (excluding diaryl/α,β-unsaturated/α-hetero) is 1. The third-order valence-corrected chi connectivity index (χ3v) is 9.42. The molecule has 1 saturated heterocycles. The van der Waals surface area contributed by atoms with E-state index in [2.05, 4.69) is 15.5 Å². The van der Waals surface area contributed by atoms with Gasteiger partial charge in [-0.25, -0.2) is 0 Å². The number of ether oxygens (including phenoxy) is 1. The lowest BCUT2D eigenvalue weighted by molar-refractivity contribution is -0.197. The number of nitrogens with zero attached hydrogens (tertiary/aromatic N) is 1. The highest BCUT2D eigenvalue weighted by molar-refractivity contribution is 6.10. The molecule has 1 spiro atoms. The van der Waals surface area contributed by atoms with Crippen LogP contribution in [0.1, 0.15) is 43.7 Å². The first-order valence-corrected chi connectivity index (χ1v) is 13.4. The molecule has 9 heteroatoms. The number of amides is 2. The first-order valence-electron chi connectivity index (χ1n) is 13.4. The number of carbonyl (C=O) groups excluding carboxylic acids is 3. The van der Waals surface area contributed by atoms with E-state index in [-0.39, 0.29) is 35.7 Å². The number of benzene rings is 2. The smallest absolute Gasteiger partial charge is 0.235 e. The molecule has 4 N–H and O–H groups in total. The zero-order valence-electron chi connectivity index (χ0n) is 21.2. The third kappa shape index (κ3) is 3.21. The van der Waals surface area contributed by atoms with Crippen LogP contribution >= 0.6 is 0 Å². The Bertz CT molecular complexity index is 1370. The van der Waals surface area contributed by atoms with E-state index in [0.29, 0.717) is 30.1 Å². The molecule has 5 atom stereocenters. The molecular weight excluding hydrogens is 486 g/mol. The normalized spacial score (nSPS) is 32.8. The van der Waals surface area contributed by atoms with Crippen LogP contribution in [0.25, 0.3) is 0 Å². The van der Waals surface area contributed by atoms with Gasteiger partial charge in [-0.05, 0) is 80.5 Å². The van der Waals surface area contributed by atoms with Gasteiger partial charge in [-0.3, -0.25) is 19.3 Å². The maximum Gasteiger partial charge on any atom is 0.235 e. The number of likely N-dealkylation sites (tertiary alicyclic amines) is 1. The van der Waals surface area contributed by atoms with E-state index in [1.54, 1.807) is 30.3 Å². The van der Waals surface area contributed by atoms with Crippen molar-refractivity contribution in [2.45, 2.75) is 62.2 Å². The summed E-state index contributed by atoms with van der Waals surface area (Å²) in [4.78, 5) is 41.1. The molecule has 2 aromatic carbocycles. The summed E-state index contributed by atoms with van der Waals surface area (Å²) in [7, 11) is 0. The van der Waals surface area contributed by atoms with Crippen molar-refractivity contribution in [2.75, 3.05) is 23.7 Å². The highest BCUT2D eigenvalue weighted by atomic mass is 16.5. The Morgan fingerprint density at radius 1 is 1.11 bits per heavy atom. The first kappa shape index (κ1) is 23.7. The number of phenols is 1. The van der Waals surface area contributed by atoms with Crippen molar-refractivity contribution in [1.29, 1.82) is 0 Å². The maximum atomic E-state index is 13.9. The number of hydrogen-bond donors (Lipinski definition) is 4. The van der Waals surface area contributed by atoms with Crippen LogP contribution in [0.2, 0.25) is 0 Å². The molecule has 5 aliphatic rings. The van der Waals surface area contributed by atoms with Crippen LogP contribution < -0.4 is 15.4 Å². The number of hydrogen-bond acceptors (Lipinski definition) is 7. The average Bonchev–Trinajstić information content (AvgIpc) is 3.62. The molecule has 2 aliphatic heterocycles. The van der Waals surface area contributed by atoms with Gasteiger partial charge in [-0.15, -0.1) is 0 Å². The molecule has 7 rings (SSSR count). The van der Waals surface area contributed by atoms with E-state index < -0.39 is 28.9 Å². The van der Waals surface area contributed by atoms with Gasteiger partial charge in [0.15, 0.2) is 23.4 Å². The van der Waals surface area contributed by atoms with Gasteiger partial charge in [0.1, 0.15) is 5.92 Å². The summed E-state index contributed by atoms with van der Waals surface area (Å²) >= 11 is 0. The van der Waals surface area contributed by atoms with Crippen molar-refractivity contribution in [3.8, 4) is 11.5 Å². The van der Waals surface area contributed by atoms with Crippen LogP contribution in [0.15, 0.2) is 36.4 Å². The van der Waals surface area contributed by atoms with Crippen molar-refractivity contribution in [2.24, 2.45) is 11.8 Å². The molecule has 1 unspecified atom stereocenters. The van der Waals surface area contributed by atoms with E-state index in [9.17, 15) is 24.6 Å². The standard InChI is InChI=1S/C29H31N3O6/c1-15(33)30-18-5-7-19(8-6-18)31-27(36)20-13-29(37)22-12-17-4-9-21(34)25-23(17)28(29,26(38-25)24(20)35)10-11-32(22)14-16-2-3-16/h4-9,16,20,22,26,34,37H,2-3,10-14H2,1H3,(H,30,33)(H,31,36)/t20?,22-,26+,28+,29-/m1/s1. The summed E-state index contributed by atoms with van der Waals surface area (Å²) in [5.74, 6) is -1.28. The topological polar surface area (TPSA) is 128 Å². The summed E-state index contributed by atoms with van der Waals surface area (Å²) in [5, 5.41) is 28.8. The predicted molar refractivity (Wildman–Crippen MR) is 138 cm³/mol. The number of carbonyl (C=O) groups is 3. The quantitative estimate of drug-likeness (QED) is 0.448. The summed E-state index contributed by atoms with van der Waals surface area (Å²) in [6.07, 6.45) is 2.46. The first-order chi connectivity index (χ1) is 18.2. The Kier molecular flexibility index (Phi) is 5.01. The fourth-order valence-electron chi connectivity index (χ4n) is 7.59. The van der Waals surface area contributed by atoms with Crippen LogP contribution in [0, 0.1) is 11.8 Å². The Morgan fingerprint density at radius 2 is 1.82 bits per heavy atom. The highest BCUT2D eigenvalue weighted by Crippen LogP contribution is 2.65. The van der Waals surface area contributed by atoms with Gasteiger partial charge in [-0.1, -0.05) is 6.07 Å². The summed E-state index contributed by atoms with van der Waals surface area (Å²) < 4.78 is 6.20. The Balaban J connectivity index is 1.25. The summed E-state index contributed by atoms with van der Waals surface area (Å²) in [6, 6.07) is 9.91. The minimum Gasteiger partial charge on any atom is -0.504 e. The van der Waals surface area contributed by atoms with E-state index in [1.807, 2.05) is 6.07 Å². The average molecular weight is 518 g/mol. The van der Waals surface area contributed by atoms with E-state index in [0.717, 1.165) is 24.2 Å². The van der Waals surface area contributed by atoms with Gasteiger partial charge in [0.2, 0.25) is 11.8 Å². The second kappa shape index (κ2) is 8.04. The number of nitrogens with one attached hydrogen (secondary N) is 2. The number of piperidine rings is 1. The van der Waals surface area contributed by atoms with Crippen LogP contribution in [0.4, 0.5) is 11.4 Å². The van der Waals surface area contributed by atoms with Crippen molar-refractivity contribution >= 4 is 29.0 Å². The minimum atomic E-state index is -1.36. The van der Waals surface area contributed by atoms with Gasteiger partial charge in [0, 0.05) is 36.4 Å². The lowest BCUT2D eigenvalue weighted by Gasteiger charge is -2.63. The molecule has 2 bridgehead atoms.